The number of thiophene rings is 1. The normalized spacial score (nSPS) is 12.2. The van der Waals surface area contributed by atoms with E-state index in [1.54, 1.807) is 6.07 Å². The molecule has 2 aromatic rings. The number of carbonyl (C=O) groups excluding carboxylic acids is 1. The molecule has 1 N–H and O–H groups in total. The monoisotopic (exact) mass is 407 g/mol. The van der Waals surface area contributed by atoms with Gasteiger partial charge in [0, 0.05) is 11.4 Å². The van der Waals surface area contributed by atoms with Crippen LogP contribution in [-0.4, -0.2) is 27.2 Å². The number of nitrogens with one attached hydrogen (secondary N) is 1. The fourth-order valence-corrected chi connectivity index (χ4v) is 3.41. The first-order valence-electron chi connectivity index (χ1n) is 7.41. The molecule has 0 atom stereocenters. The van der Waals surface area contributed by atoms with Crippen molar-refractivity contribution in [1.29, 1.82) is 0 Å². The van der Waals surface area contributed by atoms with E-state index in [2.05, 4.69) is 4.72 Å². The van der Waals surface area contributed by atoms with Gasteiger partial charge in [-0.25, -0.2) is 17.9 Å². The Labute approximate surface area is 152 Å². The number of sulfonamides is 1. The fraction of sp³-hybridized carbons (Fsp3) is 0.312. The lowest BCUT2D eigenvalue weighted by Crippen LogP contribution is -2.23. The van der Waals surface area contributed by atoms with E-state index in [0.29, 0.717) is 11.3 Å². The van der Waals surface area contributed by atoms with Crippen molar-refractivity contribution in [2.45, 2.75) is 19.2 Å². The maximum atomic E-state index is 12.7. The zero-order chi connectivity index (χ0) is 19.4. The van der Waals surface area contributed by atoms with E-state index in [1.165, 1.54) is 18.2 Å². The van der Waals surface area contributed by atoms with Crippen LogP contribution in [-0.2, 0) is 34.0 Å². The third-order valence-corrected chi connectivity index (χ3v) is 5.08. The van der Waals surface area contributed by atoms with Gasteiger partial charge in [0.25, 0.3) is 0 Å². The molecule has 0 amide bonds. The van der Waals surface area contributed by atoms with Gasteiger partial charge >= 0.3 is 12.1 Å². The van der Waals surface area contributed by atoms with Crippen molar-refractivity contribution in [3.63, 3.8) is 0 Å². The van der Waals surface area contributed by atoms with Gasteiger partial charge in [-0.05, 0) is 36.2 Å². The van der Waals surface area contributed by atoms with E-state index < -0.39 is 27.7 Å². The van der Waals surface area contributed by atoms with Crippen LogP contribution in [0.4, 0.5) is 13.2 Å². The molecule has 1 heterocycles. The highest BCUT2D eigenvalue weighted by molar-refractivity contribution is 7.88. The number of hydrogen-bond acceptors (Lipinski definition) is 5. The number of benzene rings is 1. The van der Waals surface area contributed by atoms with Gasteiger partial charge in [-0.1, -0.05) is 12.1 Å². The Bertz CT molecular complexity index is 876. The lowest BCUT2D eigenvalue weighted by atomic mass is 10.1. The molecule has 0 radical (unpaired) electrons. The molecule has 0 unspecified atom stereocenters. The maximum Gasteiger partial charge on any atom is 0.416 e. The highest BCUT2D eigenvalue weighted by Crippen LogP contribution is 2.29. The third kappa shape index (κ3) is 6.43. The highest BCUT2D eigenvalue weighted by atomic mass is 32.2. The van der Waals surface area contributed by atoms with Crippen LogP contribution < -0.4 is 4.72 Å². The average Bonchev–Trinajstić information content (AvgIpc) is 3.00. The van der Waals surface area contributed by atoms with Crippen molar-refractivity contribution >= 4 is 27.3 Å². The first kappa shape index (κ1) is 20.4. The van der Waals surface area contributed by atoms with E-state index in [0.717, 1.165) is 34.6 Å². The summed E-state index contributed by atoms with van der Waals surface area (Å²) < 4.78 is 67.4. The third-order valence-electron chi connectivity index (χ3n) is 3.22. The molecule has 0 aliphatic heterocycles. The van der Waals surface area contributed by atoms with Gasteiger partial charge < -0.3 is 4.74 Å². The van der Waals surface area contributed by atoms with Gasteiger partial charge in [0.15, 0.2) is 0 Å². The molecule has 1 aromatic heterocycles. The van der Waals surface area contributed by atoms with Gasteiger partial charge in [0.2, 0.25) is 10.0 Å². The minimum atomic E-state index is -4.46. The van der Waals surface area contributed by atoms with Gasteiger partial charge in [0.1, 0.15) is 11.5 Å². The Morgan fingerprint density at radius 1 is 1.23 bits per heavy atom. The summed E-state index contributed by atoms with van der Waals surface area (Å²) in [6, 6.07) is 7.79. The molecule has 0 spiro atoms. The molecule has 1 aromatic carbocycles. The summed E-state index contributed by atoms with van der Waals surface area (Å²) in [5.41, 5.74) is -0.565. The second-order valence-corrected chi connectivity index (χ2v) is 8.46. The van der Waals surface area contributed by atoms with Crippen molar-refractivity contribution in [1.82, 2.24) is 4.72 Å². The number of rotatable bonds is 7. The molecule has 2 rings (SSSR count). The molecular formula is C16H16F3NO4S2. The van der Waals surface area contributed by atoms with E-state index in [9.17, 15) is 26.4 Å². The van der Waals surface area contributed by atoms with Gasteiger partial charge in [-0.15, -0.1) is 11.3 Å². The first-order valence-corrected chi connectivity index (χ1v) is 10.1. The van der Waals surface area contributed by atoms with Crippen molar-refractivity contribution in [3.05, 3.63) is 57.3 Å². The Morgan fingerprint density at radius 3 is 2.62 bits per heavy atom. The first-order chi connectivity index (χ1) is 12.0. The largest absolute Gasteiger partial charge is 0.457 e. The molecule has 0 aliphatic carbocycles. The van der Waals surface area contributed by atoms with Crippen LogP contribution in [0.5, 0.6) is 0 Å². The second kappa shape index (κ2) is 8.19. The molecule has 142 valence electrons. The van der Waals surface area contributed by atoms with Gasteiger partial charge in [0.05, 0.1) is 11.8 Å². The SMILES string of the molecule is CS(=O)(=O)NCCc1ccc(C(=O)OCc2cccc(C(F)(F)F)c2)s1. The van der Waals surface area contributed by atoms with Crippen molar-refractivity contribution in [3.8, 4) is 0 Å². The molecule has 0 saturated carbocycles. The number of ether oxygens (including phenoxy) is 1. The summed E-state index contributed by atoms with van der Waals surface area (Å²) in [4.78, 5) is 13.1. The summed E-state index contributed by atoms with van der Waals surface area (Å²) in [6.07, 6.45) is -2.99. The molecule has 0 bridgehead atoms. The van der Waals surface area contributed by atoms with Gasteiger partial charge in [-0.3, -0.25) is 0 Å². The Morgan fingerprint density at radius 2 is 1.96 bits per heavy atom. The van der Waals surface area contributed by atoms with E-state index in [1.807, 2.05) is 0 Å². The van der Waals surface area contributed by atoms with E-state index in [4.69, 9.17) is 4.74 Å². The van der Waals surface area contributed by atoms with Crippen molar-refractivity contribution in [2.75, 3.05) is 12.8 Å². The van der Waals surface area contributed by atoms with E-state index >= 15 is 0 Å². The highest BCUT2D eigenvalue weighted by Gasteiger charge is 2.30. The lowest BCUT2D eigenvalue weighted by Gasteiger charge is -2.09. The smallest absolute Gasteiger partial charge is 0.416 e. The Hall–Kier alpha value is -1.91. The molecule has 0 fully saturated rings. The molecular weight excluding hydrogens is 391 g/mol. The minimum absolute atomic E-state index is 0.206. The topological polar surface area (TPSA) is 72.5 Å². The van der Waals surface area contributed by atoms with Crippen LogP contribution in [0, 0.1) is 0 Å². The molecule has 0 aliphatic rings. The van der Waals surface area contributed by atoms with Gasteiger partial charge in [-0.2, -0.15) is 13.2 Å². The van der Waals surface area contributed by atoms with Crippen LogP contribution in [0.3, 0.4) is 0 Å². The summed E-state index contributed by atoms with van der Waals surface area (Å²) in [5, 5.41) is 0. The summed E-state index contributed by atoms with van der Waals surface area (Å²) >= 11 is 1.14. The second-order valence-electron chi connectivity index (χ2n) is 5.46. The molecule has 26 heavy (non-hydrogen) atoms. The lowest BCUT2D eigenvalue weighted by molar-refractivity contribution is -0.137. The number of halogens is 3. The minimum Gasteiger partial charge on any atom is -0.457 e. The maximum absolute atomic E-state index is 12.7. The zero-order valence-electron chi connectivity index (χ0n) is 13.7. The van der Waals surface area contributed by atoms with Crippen LogP contribution >= 0.6 is 11.3 Å². The number of esters is 1. The van der Waals surface area contributed by atoms with Crippen molar-refractivity contribution < 1.29 is 31.1 Å². The van der Waals surface area contributed by atoms with Crippen LogP contribution in [0.25, 0.3) is 0 Å². The number of alkyl halides is 3. The molecule has 10 heteroatoms. The predicted molar refractivity (Wildman–Crippen MR) is 91.4 cm³/mol. The van der Waals surface area contributed by atoms with Crippen LogP contribution in [0.2, 0.25) is 0 Å². The molecule has 0 saturated heterocycles. The zero-order valence-corrected chi connectivity index (χ0v) is 15.3. The Kier molecular flexibility index (Phi) is 6.43. The Balaban J connectivity index is 1.91. The number of carbonyl (C=O) groups is 1. The molecule has 5 nitrogen and oxygen atoms in total. The summed E-state index contributed by atoms with van der Waals surface area (Å²) in [5.74, 6) is -0.644. The average molecular weight is 407 g/mol. The van der Waals surface area contributed by atoms with E-state index in [-0.39, 0.29) is 18.7 Å². The van der Waals surface area contributed by atoms with Crippen molar-refractivity contribution in [2.24, 2.45) is 0 Å². The standard InChI is InChI=1S/C16H16F3NO4S2/c1-26(22,23)20-8-7-13-5-6-14(25-13)15(21)24-10-11-3-2-4-12(9-11)16(17,18)19/h2-6,9,20H,7-8,10H2,1H3. The van der Waals surface area contributed by atoms with Crippen LogP contribution in [0.1, 0.15) is 25.7 Å². The predicted octanol–water partition coefficient (Wildman–Crippen LogP) is 3.22. The summed E-state index contributed by atoms with van der Waals surface area (Å²) in [6.45, 7) is -0.0658. The number of hydrogen-bond donors (Lipinski definition) is 1. The summed E-state index contributed by atoms with van der Waals surface area (Å²) in [7, 11) is -3.27. The fourth-order valence-electron chi connectivity index (χ4n) is 2.04. The van der Waals surface area contributed by atoms with Crippen LogP contribution in [0.15, 0.2) is 36.4 Å². The quantitative estimate of drug-likeness (QED) is 0.716.